The van der Waals surface area contributed by atoms with Crippen LogP contribution in [-0.2, 0) is 0 Å². The van der Waals surface area contributed by atoms with Gasteiger partial charge in [0.05, 0.1) is 11.0 Å². The number of rotatable bonds is 2. The van der Waals surface area contributed by atoms with Crippen LogP contribution in [0.2, 0.25) is 0 Å². The van der Waals surface area contributed by atoms with E-state index in [-0.39, 0.29) is 0 Å². The number of H-pyrrole nitrogens is 1. The SMILES string of the molecule is Cc1ccccc1C(=O)Nn1c(=O)c(=O)[nH]c2ccc3ccccc3c21. The molecule has 26 heavy (non-hydrogen) atoms. The lowest BCUT2D eigenvalue weighted by Gasteiger charge is -2.14. The van der Waals surface area contributed by atoms with E-state index in [1.165, 1.54) is 0 Å². The van der Waals surface area contributed by atoms with Gasteiger partial charge in [-0.1, -0.05) is 48.5 Å². The van der Waals surface area contributed by atoms with Gasteiger partial charge in [-0.05, 0) is 30.0 Å². The first kappa shape index (κ1) is 15.8. The second-order valence-electron chi connectivity index (χ2n) is 6.03. The zero-order chi connectivity index (χ0) is 18.3. The third kappa shape index (κ3) is 2.48. The minimum atomic E-state index is -0.837. The maximum Gasteiger partial charge on any atom is 0.335 e. The first-order valence-electron chi connectivity index (χ1n) is 8.10. The van der Waals surface area contributed by atoms with Crippen LogP contribution < -0.4 is 16.5 Å². The van der Waals surface area contributed by atoms with Crippen LogP contribution in [0.4, 0.5) is 0 Å². The van der Waals surface area contributed by atoms with Crippen molar-refractivity contribution < 1.29 is 4.79 Å². The molecule has 3 aromatic carbocycles. The van der Waals surface area contributed by atoms with Crippen molar-refractivity contribution >= 4 is 27.7 Å². The predicted octanol–water partition coefficient (Wildman–Crippen LogP) is 2.54. The normalized spacial score (nSPS) is 11.0. The van der Waals surface area contributed by atoms with Gasteiger partial charge in [-0.3, -0.25) is 19.8 Å². The first-order valence-corrected chi connectivity index (χ1v) is 8.10. The minimum Gasteiger partial charge on any atom is -0.316 e. The highest BCUT2D eigenvalue weighted by molar-refractivity contribution is 6.06. The van der Waals surface area contributed by atoms with Gasteiger partial charge in [0.2, 0.25) is 0 Å². The smallest absolute Gasteiger partial charge is 0.316 e. The average Bonchev–Trinajstić information content (AvgIpc) is 2.65. The second kappa shape index (κ2) is 6.00. The average molecular weight is 345 g/mol. The van der Waals surface area contributed by atoms with Crippen molar-refractivity contribution in [1.29, 1.82) is 0 Å². The third-order valence-electron chi connectivity index (χ3n) is 4.37. The molecule has 6 heteroatoms. The van der Waals surface area contributed by atoms with E-state index >= 15 is 0 Å². The number of hydrogen-bond acceptors (Lipinski definition) is 3. The van der Waals surface area contributed by atoms with E-state index in [1.54, 1.807) is 18.2 Å². The number of amides is 1. The monoisotopic (exact) mass is 345 g/mol. The largest absolute Gasteiger partial charge is 0.335 e. The Morgan fingerprint density at radius 1 is 0.962 bits per heavy atom. The Labute approximate surface area is 147 Å². The molecule has 6 nitrogen and oxygen atoms in total. The summed E-state index contributed by atoms with van der Waals surface area (Å²) in [5.74, 6) is -0.454. The van der Waals surface area contributed by atoms with Crippen LogP contribution in [0.1, 0.15) is 15.9 Å². The molecule has 0 spiro atoms. The molecule has 0 unspecified atom stereocenters. The number of aromatic nitrogens is 2. The van der Waals surface area contributed by atoms with Gasteiger partial charge in [0.1, 0.15) is 0 Å². The number of aromatic amines is 1. The number of fused-ring (bicyclic) bond motifs is 3. The molecule has 0 saturated heterocycles. The molecule has 1 amide bonds. The van der Waals surface area contributed by atoms with Crippen LogP contribution in [0.3, 0.4) is 0 Å². The van der Waals surface area contributed by atoms with Gasteiger partial charge in [-0.25, -0.2) is 4.68 Å². The van der Waals surface area contributed by atoms with Gasteiger partial charge in [0, 0.05) is 10.9 Å². The van der Waals surface area contributed by atoms with Crippen LogP contribution in [0, 0.1) is 6.92 Å². The van der Waals surface area contributed by atoms with Gasteiger partial charge in [-0.2, -0.15) is 0 Å². The molecule has 2 N–H and O–H groups in total. The molecule has 0 saturated carbocycles. The highest BCUT2D eigenvalue weighted by atomic mass is 16.2. The number of carbonyl (C=O) groups excluding carboxylic acids is 1. The Kier molecular flexibility index (Phi) is 3.65. The second-order valence-corrected chi connectivity index (χ2v) is 6.03. The number of nitrogens with zero attached hydrogens (tertiary/aromatic N) is 1. The van der Waals surface area contributed by atoms with Crippen molar-refractivity contribution in [3.8, 4) is 0 Å². The van der Waals surface area contributed by atoms with Crippen LogP contribution in [0.25, 0.3) is 21.8 Å². The van der Waals surface area contributed by atoms with Crippen LogP contribution >= 0.6 is 0 Å². The fourth-order valence-corrected chi connectivity index (χ4v) is 3.07. The summed E-state index contributed by atoms with van der Waals surface area (Å²) in [5, 5.41) is 1.65. The molecule has 4 rings (SSSR count). The highest BCUT2D eigenvalue weighted by Gasteiger charge is 2.15. The van der Waals surface area contributed by atoms with E-state index in [4.69, 9.17) is 0 Å². The Morgan fingerprint density at radius 2 is 1.69 bits per heavy atom. The minimum absolute atomic E-state index is 0.438. The van der Waals surface area contributed by atoms with E-state index < -0.39 is 17.0 Å². The lowest BCUT2D eigenvalue weighted by Crippen LogP contribution is -2.42. The van der Waals surface area contributed by atoms with Gasteiger partial charge >= 0.3 is 11.1 Å². The molecule has 0 fully saturated rings. The van der Waals surface area contributed by atoms with E-state index in [0.29, 0.717) is 16.6 Å². The molecule has 1 heterocycles. The molecule has 0 radical (unpaired) electrons. The van der Waals surface area contributed by atoms with Gasteiger partial charge < -0.3 is 4.98 Å². The van der Waals surface area contributed by atoms with Crippen molar-refractivity contribution in [2.45, 2.75) is 6.92 Å². The van der Waals surface area contributed by atoms with Gasteiger partial charge in [0.25, 0.3) is 5.91 Å². The first-order chi connectivity index (χ1) is 12.6. The van der Waals surface area contributed by atoms with E-state index in [9.17, 15) is 14.4 Å². The number of hydrogen-bond donors (Lipinski definition) is 2. The molecule has 4 aromatic rings. The number of benzene rings is 3. The summed E-state index contributed by atoms with van der Waals surface area (Å²) in [4.78, 5) is 39.8. The molecule has 0 aliphatic carbocycles. The molecule has 0 aliphatic heterocycles. The van der Waals surface area contributed by atoms with Crippen LogP contribution in [0.5, 0.6) is 0 Å². The maximum atomic E-state index is 12.7. The van der Waals surface area contributed by atoms with Crippen molar-refractivity contribution in [2.75, 3.05) is 5.43 Å². The number of aryl methyl sites for hydroxylation is 1. The fraction of sp³-hybridized carbons (Fsp3) is 0.0500. The molecular weight excluding hydrogens is 330 g/mol. The number of carbonyl (C=O) groups is 1. The van der Waals surface area contributed by atoms with Crippen LogP contribution in [0.15, 0.2) is 70.3 Å². The molecular formula is C20H15N3O3. The summed E-state index contributed by atoms with van der Waals surface area (Å²) < 4.78 is 1.03. The topological polar surface area (TPSA) is 84.0 Å². The summed E-state index contributed by atoms with van der Waals surface area (Å²) in [7, 11) is 0. The zero-order valence-corrected chi connectivity index (χ0v) is 13.9. The Balaban J connectivity index is 1.99. The highest BCUT2D eigenvalue weighted by Crippen LogP contribution is 2.22. The molecule has 0 aliphatic rings. The predicted molar refractivity (Wildman–Crippen MR) is 101 cm³/mol. The summed E-state index contributed by atoms with van der Waals surface area (Å²) in [6.45, 7) is 1.81. The van der Waals surface area contributed by atoms with E-state index in [1.807, 2.05) is 49.4 Å². The molecule has 128 valence electrons. The Bertz CT molecular complexity index is 1280. The fourth-order valence-electron chi connectivity index (χ4n) is 3.07. The third-order valence-corrected chi connectivity index (χ3v) is 4.37. The Hall–Kier alpha value is -3.67. The zero-order valence-electron chi connectivity index (χ0n) is 13.9. The van der Waals surface area contributed by atoms with E-state index in [2.05, 4.69) is 10.4 Å². The van der Waals surface area contributed by atoms with Gasteiger partial charge in [-0.15, -0.1) is 0 Å². The Morgan fingerprint density at radius 3 is 2.50 bits per heavy atom. The maximum absolute atomic E-state index is 12.7. The molecule has 1 aromatic heterocycles. The lowest BCUT2D eigenvalue weighted by atomic mass is 10.1. The van der Waals surface area contributed by atoms with Crippen molar-refractivity contribution in [2.24, 2.45) is 0 Å². The summed E-state index contributed by atoms with van der Waals surface area (Å²) in [6.07, 6.45) is 0. The van der Waals surface area contributed by atoms with Crippen LogP contribution in [-0.4, -0.2) is 15.6 Å². The van der Waals surface area contributed by atoms with Crippen molar-refractivity contribution in [1.82, 2.24) is 9.66 Å². The molecule has 0 bridgehead atoms. The summed E-state index contributed by atoms with van der Waals surface area (Å²) >= 11 is 0. The lowest BCUT2D eigenvalue weighted by molar-refractivity contribution is 0.101. The quantitative estimate of drug-likeness (QED) is 0.432. The summed E-state index contributed by atoms with van der Waals surface area (Å²) in [5.41, 5.74) is 3.09. The van der Waals surface area contributed by atoms with Gasteiger partial charge in [0.15, 0.2) is 0 Å². The number of nitrogens with one attached hydrogen (secondary N) is 2. The molecule has 0 atom stereocenters. The van der Waals surface area contributed by atoms with Crippen molar-refractivity contribution in [3.63, 3.8) is 0 Å². The summed E-state index contributed by atoms with van der Waals surface area (Å²) in [6, 6.07) is 18.1. The van der Waals surface area contributed by atoms with Crippen molar-refractivity contribution in [3.05, 3.63) is 92.5 Å². The van der Waals surface area contributed by atoms with E-state index in [0.717, 1.165) is 21.0 Å². The standard InChI is InChI=1S/C20H15N3O3/c1-12-6-2-4-8-14(12)18(24)22-23-17-15-9-5-3-7-13(15)10-11-16(17)21-19(25)20(23)26/h2-11H,1H3,(H,21,25)(H,22,24).